The number of rotatable bonds is 2. The Morgan fingerprint density at radius 1 is 1.19 bits per heavy atom. The summed E-state index contributed by atoms with van der Waals surface area (Å²) >= 11 is 0. The van der Waals surface area contributed by atoms with E-state index in [2.05, 4.69) is 39.7 Å². The molecule has 2 aromatic rings. The maximum absolute atomic E-state index is 4.45. The summed E-state index contributed by atoms with van der Waals surface area (Å²) in [6.45, 7) is 8.22. The maximum atomic E-state index is 4.45. The highest BCUT2D eigenvalue weighted by Gasteiger charge is 2.12. The van der Waals surface area contributed by atoms with Gasteiger partial charge < -0.3 is 4.57 Å². The van der Waals surface area contributed by atoms with Gasteiger partial charge in [0.25, 0.3) is 0 Å². The van der Waals surface area contributed by atoms with Crippen LogP contribution in [0.2, 0.25) is 0 Å². The lowest BCUT2D eigenvalue weighted by molar-refractivity contribution is 0.603. The minimum atomic E-state index is 0.353. The van der Waals surface area contributed by atoms with E-state index in [0.29, 0.717) is 6.04 Å². The maximum Gasteiger partial charge on any atom is 0.165 e. The molecule has 0 saturated heterocycles. The van der Waals surface area contributed by atoms with Crippen LogP contribution in [0.3, 0.4) is 0 Å². The van der Waals surface area contributed by atoms with E-state index in [4.69, 9.17) is 0 Å². The minimum Gasteiger partial charge on any atom is -0.311 e. The van der Waals surface area contributed by atoms with Crippen LogP contribution < -0.4 is 0 Å². The van der Waals surface area contributed by atoms with Gasteiger partial charge in [-0.05, 0) is 39.8 Å². The zero-order valence-electron chi connectivity index (χ0n) is 10.1. The van der Waals surface area contributed by atoms with Crippen molar-refractivity contribution < 1.29 is 0 Å². The van der Waals surface area contributed by atoms with E-state index in [9.17, 15) is 0 Å². The van der Waals surface area contributed by atoms with E-state index in [1.54, 1.807) is 6.33 Å². The Morgan fingerprint density at radius 3 is 2.56 bits per heavy atom. The topological polar surface area (TPSA) is 43.6 Å². The first kappa shape index (κ1) is 10.8. The average Bonchev–Trinajstić information content (AvgIpc) is 2.66. The summed E-state index contributed by atoms with van der Waals surface area (Å²) in [6, 6.07) is 4.41. The third kappa shape index (κ3) is 1.83. The van der Waals surface area contributed by atoms with Crippen molar-refractivity contribution in [3.8, 4) is 11.4 Å². The van der Waals surface area contributed by atoms with Gasteiger partial charge in [-0.15, -0.1) is 10.2 Å². The van der Waals surface area contributed by atoms with Gasteiger partial charge in [0.15, 0.2) is 5.82 Å². The molecule has 4 nitrogen and oxygen atoms in total. The first-order chi connectivity index (χ1) is 7.59. The quantitative estimate of drug-likeness (QED) is 0.774. The highest BCUT2D eigenvalue weighted by molar-refractivity contribution is 5.58. The van der Waals surface area contributed by atoms with Crippen LogP contribution in [0.15, 0.2) is 18.5 Å². The first-order valence-corrected chi connectivity index (χ1v) is 5.43. The molecular formula is C12H16N4. The predicted octanol–water partition coefficient (Wildman–Crippen LogP) is 2.54. The van der Waals surface area contributed by atoms with Crippen LogP contribution >= 0.6 is 0 Å². The molecule has 0 atom stereocenters. The lowest BCUT2D eigenvalue weighted by Crippen LogP contribution is -2.03. The van der Waals surface area contributed by atoms with Gasteiger partial charge in [0.1, 0.15) is 6.33 Å². The Kier molecular flexibility index (Phi) is 2.73. The zero-order valence-corrected chi connectivity index (χ0v) is 10.1. The summed E-state index contributed by atoms with van der Waals surface area (Å²) in [5.41, 5.74) is 3.07. The number of nitrogens with zero attached hydrogens (tertiary/aromatic N) is 4. The van der Waals surface area contributed by atoms with Crippen molar-refractivity contribution in [2.24, 2.45) is 0 Å². The minimum absolute atomic E-state index is 0.353. The molecule has 0 saturated carbocycles. The van der Waals surface area contributed by atoms with Crippen molar-refractivity contribution in [1.82, 2.24) is 19.7 Å². The van der Waals surface area contributed by atoms with Gasteiger partial charge in [-0.3, -0.25) is 4.98 Å². The van der Waals surface area contributed by atoms with Gasteiger partial charge in [0.2, 0.25) is 0 Å². The molecule has 2 rings (SSSR count). The lowest BCUT2D eigenvalue weighted by Gasteiger charge is -2.11. The molecule has 0 radical (unpaired) electrons. The molecule has 0 fully saturated rings. The standard InChI is InChI=1S/C12H16N4/c1-8(2)16-7-13-15-12(16)11-6-5-9(3)14-10(11)4/h5-8H,1-4H3. The second-order valence-corrected chi connectivity index (χ2v) is 4.24. The average molecular weight is 216 g/mol. The fourth-order valence-electron chi connectivity index (χ4n) is 1.74. The summed E-state index contributed by atoms with van der Waals surface area (Å²) in [4.78, 5) is 4.45. The van der Waals surface area contributed by atoms with Crippen LogP contribution in [0.5, 0.6) is 0 Å². The van der Waals surface area contributed by atoms with Crippen LogP contribution in [-0.2, 0) is 0 Å². The fraction of sp³-hybridized carbons (Fsp3) is 0.417. The van der Waals surface area contributed by atoms with Gasteiger partial charge in [-0.25, -0.2) is 0 Å². The van der Waals surface area contributed by atoms with Crippen LogP contribution in [0.1, 0.15) is 31.3 Å². The summed E-state index contributed by atoms with van der Waals surface area (Å²) in [7, 11) is 0. The largest absolute Gasteiger partial charge is 0.311 e. The molecule has 0 N–H and O–H groups in total. The van der Waals surface area contributed by atoms with Crippen LogP contribution in [0, 0.1) is 13.8 Å². The van der Waals surface area contributed by atoms with E-state index < -0.39 is 0 Å². The first-order valence-electron chi connectivity index (χ1n) is 5.43. The van der Waals surface area contributed by atoms with E-state index in [1.165, 1.54) is 0 Å². The number of aryl methyl sites for hydroxylation is 2. The molecule has 0 spiro atoms. The Morgan fingerprint density at radius 2 is 1.94 bits per heavy atom. The van der Waals surface area contributed by atoms with Crippen molar-refractivity contribution in [1.29, 1.82) is 0 Å². The third-order valence-electron chi connectivity index (χ3n) is 2.60. The highest BCUT2D eigenvalue weighted by Crippen LogP contribution is 2.22. The summed E-state index contributed by atoms with van der Waals surface area (Å²) in [5.74, 6) is 0.889. The Bertz CT molecular complexity index is 499. The molecule has 0 aliphatic heterocycles. The highest BCUT2D eigenvalue weighted by atomic mass is 15.3. The second-order valence-electron chi connectivity index (χ2n) is 4.24. The lowest BCUT2D eigenvalue weighted by atomic mass is 10.1. The summed E-state index contributed by atoms with van der Waals surface area (Å²) < 4.78 is 2.05. The molecule has 0 aliphatic carbocycles. The van der Waals surface area contributed by atoms with Crippen LogP contribution in [-0.4, -0.2) is 19.7 Å². The van der Waals surface area contributed by atoms with Crippen LogP contribution in [0.25, 0.3) is 11.4 Å². The smallest absolute Gasteiger partial charge is 0.165 e. The molecule has 0 aliphatic rings. The van der Waals surface area contributed by atoms with E-state index in [-0.39, 0.29) is 0 Å². The van der Waals surface area contributed by atoms with Crippen molar-refractivity contribution in [3.63, 3.8) is 0 Å². The number of hydrogen-bond acceptors (Lipinski definition) is 3. The van der Waals surface area contributed by atoms with Gasteiger partial charge in [0, 0.05) is 23.0 Å². The SMILES string of the molecule is Cc1ccc(-c2nncn2C(C)C)c(C)n1. The van der Waals surface area contributed by atoms with Gasteiger partial charge in [-0.1, -0.05) is 0 Å². The number of aromatic nitrogens is 4. The van der Waals surface area contributed by atoms with Crippen LogP contribution in [0.4, 0.5) is 0 Å². The van der Waals surface area contributed by atoms with Gasteiger partial charge in [-0.2, -0.15) is 0 Å². The van der Waals surface area contributed by atoms with Gasteiger partial charge in [0.05, 0.1) is 0 Å². The molecule has 84 valence electrons. The van der Waals surface area contributed by atoms with E-state index >= 15 is 0 Å². The molecule has 4 heteroatoms. The second kappa shape index (κ2) is 4.04. The normalized spacial score (nSPS) is 11.1. The predicted molar refractivity (Wildman–Crippen MR) is 63.1 cm³/mol. The van der Waals surface area contributed by atoms with Crippen molar-refractivity contribution in [3.05, 3.63) is 29.8 Å². The zero-order chi connectivity index (χ0) is 11.7. The summed E-state index contributed by atoms with van der Waals surface area (Å²) in [5, 5.41) is 8.14. The number of pyridine rings is 1. The van der Waals surface area contributed by atoms with E-state index in [1.807, 2.05) is 19.9 Å². The van der Waals surface area contributed by atoms with Gasteiger partial charge >= 0.3 is 0 Å². The molecule has 0 unspecified atom stereocenters. The molecule has 0 bridgehead atoms. The number of hydrogen-bond donors (Lipinski definition) is 0. The van der Waals surface area contributed by atoms with Crippen molar-refractivity contribution >= 4 is 0 Å². The molecular weight excluding hydrogens is 200 g/mol. The Labute approximate surface area is 95.4 Å². The summed E-state index contributed by atoms with van der Waals surface area (Å²) in [6.07, 6.45) is 1.76. The fourth-order valence-corrected chi connectivity index (χ4v) is 1.74. The molecule has 0 aromatic carbocycles. The molecule has 16 heavy (non-hydrogen) atoms. The Hall–Kier alpha value is -1.71. The molecule has 0 amide bonds. The Balaban J connectivity index is 2.54. The van der Waals surface area contributed by atoms with Crippen molar-refractivity contribution in [2.45, 2.75) is 33.7 Å². The van der Waals surface area contributed by atoms with E-state index in [0.717, 1.165) is 22.8 Å². The monoisotopic (exact) mass is 216 g/mol. The molecule has 2 aromatic heterocycles. The van der Waals surface area contributed by atoms with Crippen molar-refractivity contribution in [2.75, 3.05) is 0 Å². The molecule has 2 heterocycles. The third-order valence-corrected chi connectivity index (χ3v) is 2.60.